The Bertz CT molecular complexity index is 489. The zero-order valence-corrected chi connectivity index (χ0v) is 10.6. The number of nitrogens with one attached hydrogen (secondary N) is 1. The van der Waals surface area contributed by atoms with E-state index in [4.69, 9.17) is 11.6 Å². The van der Waals surface area contributed by atoms with Gasteiger partial charge in [0.05, 0.1) is 12.7 Å². The number of aromatic nitrogens is 5. The number of halogens is 1. The minimum Gasteiger partial charge on any atom is -0.321 e. The highest BCUT2D eigenvalue weighted by molar-refractivity contribution is 6.29. The zero-order chi connectivity index (χ0) is 12.3. The third-order valence-electron chi connectivity index (χ3n) is 2.64. The van der Waals surface area contributed by atoms with Crippen LogP contribution in [0.15, 0.2) is 12.5 Å². The van der Waals surface area contributed by atoms with Crippen LogP contribution >= 0.6 is 11.6 Å². The van der Waals surface area contributed by atoms with E-state index >= 15 is 0 Å². The summed E-state index contributed by atoms with van der Waals surface area (Å²) in [6, 6.07) is 0. The molecule has 7 heteroatoms. The van der Waals surface area contributed by atoms with E-state index in [0.29, 0.717) is 11.7 Å². The van der Waals surface area contributed by atoms with Crippen LogP contribution in [0.5, 0.6) is 0 Å². The molecule has 0 saturated carbocycles. The van der Waals surface area contributed by atoms with Crippen LogP contribution in [-0.4, -0.2) is 30.9 Å². The molecule has 0 atom stereocenters. The molecule has 0 spiro atoms. The van der Waals surface area contributed by atoms with Crippen LogP contribution in [0.1, 0.15) is 11.6 Å². The van der Waals surface area contributed by atoms with Gasteiger partial charge in [-0.3, -0.25) is 0 Å². The maximum absolute atomic E-state index is 5.90. The SMILES string of the molecule is Cn1cnnc1CCNCc1ncc(Cl)n1C. The summed E-state index contributed by atoms with van der Waals surface area (Å²) < 4.78 is 3.77. The van der Waals surface area contributed by atoms with Gasteiger partial charge in [0.15, 0.2) is 0 Å². The second-order valence-corrected chi connectivity index (χ2v) is 4.23. The molecule has 2 aromatic heterocycles. The Hall–Kier alpha value is -1.40. The van der Waals surface area contributed by atoms with Gasteiger partial charge in [0.2, 0.25) is 0 Å². The van der Waals surface area contributed by atoms with Gasteiger partial charge >= 0.3 is 0 Å². The van der Waals surface area contributed by atoms with Crippen molar-refractivity contribution in [1.82, 2.24) is 29.6 Å². The van der Waals surface area contributed by atoms with Crippen LogP contribution in [0.4, 0.5) is 0 Å². The van der Waals surface area contributed by atoms with E-state index in [2.05, 4.69) is 20.5 Å². The highest BCUT2D eigenvalue weighted by Gasteiger charge is 2.04. The van der Waals surface area contributed by atoms with Gasteiger partial charge in [0.1, 0.15) is 23.1 Å². The van der Waals surface area contributed by atoms with Crippen molar-refractivity contribution in [3.63, 3.8) is 0 Å². The van der Waals surface area contributed by atoms with Gasteiger partial charge in [-0.25, -0.2) is 4.98 Å². The number of imidazole rings is 1. The third kappa shape index (κ3) is 2.83. The topological polar surface area (TPSA) is 60.6 Å². The standard InChI is InChI=1S/C10H15ClN6/c1-16-7-14-15-9(16)3-4-12-6-10-13-5-8(11)17(10)2/h5,7,12H,3-4,6H2,1-2H3. The van der Waals surface area contributed by atoms with E-state index in [-0.39, 0.29) is 0 Å². The first kappa shape index (κ1) is 12.1. The molecule has 0 radical (unpaired) electrons. The number of nitrogens with zero attached hydrogens (tertiary/aromatic N) is 5. The summed E-state index contributed by atoms with van der Waals surface area (Å²) in [6.07, 6.45) is 4.20. The Balaban J connectivity index is 1.77. The molecule has 0 bridgehead atoms. The number of aryl methyl sites for hydroxylation is 1. The van der Waals surface area contributed by atoms with Gasteiger partial charge in [-0.15, -0.1) is 10.2 Å². The minimum absolute atomic E-state index is 0.648. The van der Waals surface area contributed by atoms with E-state index in [1.54, 1.807) is 12.5 Å². The molecule has 0 unspecified atom stereocenters. The number of hydrogen-bond donors (Lipinski definition) is 1. The molecule has 17 heavy (non-hydrogen) atoms. The molecule has 6 nitrogen and oxygen atoms in total. The van der Waals surface area contributed by atoms with Crippen LogP contribution in [0.25, 0.3) is 0 Å². The van der Waals surface area contributed by atoms with E-state index in [1.807, 2.05) is 23.2 Å². The zero-order valence-electron chi connectivity index (χ0n) is 9.89. The van der Waals surface area contributed by atoms with Gasteiger partial charge in [0.25, 0.3) is 0 Å². The molecule has 92 valence electrons. The fraction of sp³-hybridized carbons (Fsp3) is 0.500. The molecule has 0 aliphatic rings. The Morgan fingerprint density at radius 1 is 1.35 bits per heavy atom. The van der Waals surface area contributed by atoms with Crippen LogP contribution in [0, 0.1) is 0 Å². The molecule has 0 aliphatic carbocycles. The van der Waals surface area contributed by atoms with Crippen LogP contribution in [0.2, 0.25) is 5.15 Å². The van der Waals surface area contributed by atoms with Crippen LogP contribution in [0.3, 0.4) is 0 Å². The van der Waals surface area contributed by atoms with E-state index in [0.717, 1.165) is 24.6 Å². The number of hydrogen-bond acceptors (Lipinski definition) is 4. The second kappa shape index (κ2) is 5.29. The molecular weight excluding hydrogens is 240 g/mol. The van der Waals surface area contributed by atoms with Crippen molar-refractivity contribution in [2.45, 2.75) is 13.0 Å². The predicted octanol–water partition coefficient (Wildman–Crippen LogP) is 0.534. The quantitative estimate of drug-likeness (QED) is 0.791. The molecule has 2 heterocycles. The summed E-state index contributed by atoms with van der Waals surface area (Å²) in [6.45, 7) is 1.53. The Morgan fingerprint density at radius 3 is 2.76 bits per heavy atom. The fourth-order valence-electron chi connectivity index (χ4n) is 1.52. The molecule has 1 N–H and O–H groups in total. The average Bonchev–Trinajstić information content (AvgIpc) is 2.85. The maximum Gasteiger partial charge on any atom is 0.133 e. The first-order valence-electron chi connectivity index (χ1n) is 5.38. The van der Waals surface area contributed by atoms with Crippen molar-refractivity contribution in [3.8, 4) is 0 Å². The summed E-state index contributed by atoms with van der Waals surface area (Å²) in [5.41, 5.74) is 0. The van der Waals surface area contributed by atoms with Gasteiger partial charge < -0.3 is 14.5 Å². The lowest BCUT2D eigenvalue weighted by atomic mass is 10.4. The van der Waals surface area contributed by atoms with E-state index in [1.165, 1.54) is 0 Å². The Morgan fingerprint density at radius 2 is 2.18 bits per heavy atom. The van der Waals surface area contributed by atoms with Crippen molar-refractivity contribution in [1.29, 1.82) is 0 Å². The summed E-state index contributed by atoms with van der Waals surface area (Å²) in [5, 5.41) is 11.8. The normalized spacial score (nSPS) is 11.0. The minimum atomic E-state index is 0.648. The molecule has 0 amide bonds. The number of rotatable bonds is 5. The van der Waals surface area contributed by atoms with Crippen molar-refractivity contribution in [3.05, 3.63) is 29.3 Å². The monoisotopic (exact) mass is 254 g/mol. The Labute approximate surface area is 105 Å². The van der Waals surface area contributed by atoms with Gasteiger partial charge in [0, 0.05) is 27.1 Å². The second-order valence-electron chi connectivity index (χ2n) is 3.84. The molecule has 0 aromatic carbocycles. The molecule has 0 saturated heterocycles. The van der Waals surface area contributed by atoms with Crippen molar-refractivity contribution >= 4 is 11.6 Å². The molecular formula is C10H15ClN6. The van der Waals surface area contributed by atoms with Crippen molar-refractivity contribution in [2.75, 3.05) is 6.54 Å². The highest BCUT2D eigenvalue weighted by Crippen LogP contribution is 2.08. The summed E-state index contributed by atoms with van der Waals surface area (Å²) in [5.74, 6) is 1.89. The van der Waals surface area contributed by atoms with Crippen molar-refractivity contribution < 1.29 is 0 Å². The fourth-order valence-corrected chi connectivity index (χ4v) is 1.67. The van der Waals surface area contributed by atoms with Crippen LogP contribution < -0.4 is 5.32 Å². The smallest absolute Gasteiger partial charge is 0.133 e. The largest absolute Gasteiger partial charge is 0.321 e. The van der Waals surface area contributed by atoms with Crippen molar-refractivity contribution in [2.24, 2.45) is 14.1 Å². The lowest BCUT2D eigenvalue weighted by Gasteiger charge is -2.05. The predicted molar refractivity (Wildman–Crippen MR) is 64.6 cm³/mol. The summed E-state index contributed by atoms with van der Waals surface area (Å²) in [4.78, 5) is 4.20. The van der Waals surface area contributed by atoms with Gasteiger partial charge in [-0.1, -0.05) is 11.6 Å². The van der Waals surface area contributed by atoms with Gasteiger partial charge in [-0.2, -0.15) is 0 Å². The first-order chi connectivity index (χ1) is 8.18. The van der Waals surface area contributed by atoms with Crippen LogP contribution in [-0.2, 0) is 27.1 Å². The first-order valence-corrected chi connectivity index (χ1v) is 5.76. The third-order valence-corrected chi connectivity index (χ3v) is 2.99. The lowest BCUT2D eigenvalue weighted by molar-refractivity contribution is 0.619. The highest BCUT2D eigenvalue weighted by atomic mass is 35.5. The summed E-state index contributed by atoms with van der Waals surface area (Å²) in [7, 11) is 3.84. The summed E-state index contributed by atoms with van der Waals surface area (Å²) >= 11 is 5.90. The Kier molecular flexibility index (Phi) is 3.75. The van der Waals surface area contributed by atoms with E-state index in [9.17, 15) is 0 Å². The molecule has 2 rings (SSSR count). The maximum atomic E-state index is 5.90. The molecule has 0 fully saturated rings. The average molecular weight is 255 g/mol. The van der Waals surface area contributed by atoms with Gasteiger partial charge in [-0.05, 0) is 0 Å². The lowest BCUT2D eigenvalue weighted by Crippen LogP contribution is -2.20. The van der Waals surface area contributed by atoms with E-state index < -0.39 is 0 Å². The molecule has 2 aromatic rings. The molecule has 0 aliphatic heterocycles.